The number of nitrogens with two attached hydrogens (primary N) is 1. The van der Waals surface area contributed by atoms with Gasteiger partial charge in [-0.3, -0.25) is 4.79 Å². The van der Waals surface area contributed by atoms with Gasteiger partial charge in [-0.15, -0.1) is 12.4 Å². The number of rotatable bonds is 7. The topological polar surface area (TPSA) is 64.4 Å². The Balaban J connectivity index is 0.00000338. The highest BCUT2D eigenvalue weighted by atomic mass is 35.5. The minimum Gasteiger partial charge on any atom is -0.435 e. The van der Waals surface area contributed by atoms with E-state index in [1.807, 2.05) is 30.3 Å². The Hall–Kier alpha value is -2.18. The van der Waals surface area contributed by atoms with Crippen LogP contribution in [-0.4, -0.2) is 12.5 Å². The van der Waals surface area contributed by atoms with E-state index in [1.54, 1.807) is 26.0 Å². The van der Waals surface area contributed by atoms with Crippen molar-refractivity contribution in [3.8, 4) is 5.75 Å². The Morgan fingerprint density at radius 2 is 1.65 bits per heavy atom. The van der Waals surface area contributed by atoms with Crippen LogP contribution in [0.15, 0.2) is 54.6 Å². The Kier molecular flexibility index (Phi) is 8.48. The lowest BCUT2D eigenvalue weighted by molar-refractivity contribution is -0.125. The molecule has 7 heteroatoms. The van der Waals surface area contributed by atoms with Crippen LogP contribution in [0.25, 0.3) is 0 Å². The highest BCUT2D eigenvalue weighted by Gasteiger charge is 2.23. The van der Waals surface area contributed by atoms with Crippen molar-refractivity contribution in [2.75, 3.05) is 0 Å². The van der Waals surface area contributed by atoms with Crippen molar-refractivity contribution in [2.45, 2.75) is 32.5 Å². The van der Waals surface area contributed by atoms with Crippen molar-refractivity contribution in [1.82, 2.24) is 5.32 Å². The molecule has 3 unspecified atom stereocenters. The number of carbonyl (C=O) groups excluding carboxylic acids is 1. The highest BCUT2D eigenvalue weighted by Crippen LogP contribution is 2.23. The molecule has 0 fully saturated rings. The zero-order chi connectivity index (χ0) is 18.4. The predicted molar refractivity (Wildman–Crippen MR) is 99.4 cm³/mol. The number of hydrogen-bond acceptors (Lipinski definition) is 3. The van der Waals surface area contributed by atoms with Crippen LogP contribution in [0.2, 0.25) is 0 Å². The van der Waals surface area contributed by atoms with Crippen molar-refractivity contribution >= 4 is 18.3 Å². The van der Waals surface area contributed by atoms with Crippen molar-refractivity contribution in [3.05, 3.63) is 65.7 Å². The van der Waals surface area contributed by atoms with Gasteiger partial charge in [0, 0.05) is 6.04 Å². The van der Waals surface area contributed by atoms with Crippen LogP contribution < -0.4 is 15.8 Å². The summed E-state index contributed by atoms with van der Waals surface area (Å²) in [5, 5.41) is 2.87. The lowest BCUT2D eigenvalue weighted by Gasteiger charge is -2.23. The molecule has 0 aliphatic carbocycles. The second kappa shape index (κ2) is 10.1. The Bertz CT molecular complexity index is 701. The van der Waals surface area contributed by atoms with E-state index in [0.717, 1.165) is 5.56 Å². The van der Waals surface area contributed by atoms with E-state index in [2.05, 4.69) is 10.1 Å². The zero-order valence-corrected chi connectivity index (χ0v) is 15.4. The highest BCUT2D eigenvalue weighted by molar-refractivity contribution is 5.85. The van der Waals surface area contributed by atoms with E-state index in [9.17, 15) is 13.6 Å². The Morgan fingerprint density at radius 3 is 2.27 bits per heavy atom. The van der Waals surface area contributed by atoms with Crippen LogP contribution in [-0.2, 0) is 4.79 Å². The minimum atomic E-state index is -2.89. The van der Waals surface area contributed by atoms with Gasteiger partial charge in [0.05, 0.1) is 12.0 Å². The summed E-state index contributed by atoms with van der Waals surface area (Å²) >= 11 is 0. The molecule has 0 saturated heterocycles. The van der Waals surface area contributed by atoms with Gasteiger partial charge < -0.3 is 15.8 Å². The third-order valence-electron chi connectivity index (χ3n) is 4.08. The number of nitrogens with one attached hydrogen (secondary N) is 1. The van der Waals surface area contributed by atoms with Gasteiger partial charge in [-0.25, -0.2) is 0 Å². The number of ether oxygens (including phenoxy) is 1. The van der Waals surface area contributed by atoms with Gasteiger partial charge in [0.2, 0.25) is 5.91 Å². The molecule has 0 aromatic heterocycles. The fourth-order valence-electron chi connectivity index (χ4n) is 2.52. The van der Waals surface area contributed by atoms with E-state index >= 15 is 0 Å². The van der Waals surface area contributed by atoms with Crippen LogP contribution in [0, 0.1) is 5.92 Å². The molecular weight excluding hydrogens is 362 g/mol. The first-order valence-corrected chi connectivity index (χ1v) is 8.04. The quantitative estimate of drug-likeness (QED) is 0.751. The summed E-state index contributed by atoms with van der Waals surface area (Å²) in [4.78, 5) is 12.5. The smallest absolute Gasteiger partial charge is 0.387 e. The number of alkyl halides is 2. The zero-order valence-electron chi connectivity index (χ0n) is 14.6. The van der Waals surface area contributed by atoms with Gasteiger partial charge in [0.25, 0.3) is 0 Å². The van der Waals surface area contributed by atoms with Gasteiger partial charge in [0.15, 0.2) is 0 Å². The summed E-state index contributed by atoms with van der Waals surface area (Å²) in [6.07, 6.45) is 0. The Labute approximate surface area is 158 Å². The SMILES string of the molecule is CC(NC(=O)C(C)C(N)c1ccccc1)c1cccc(OC(F)F)c1.Cl. The lowest BCUT2D eigenvalue weighted by atomic mass is 9.94. The lowest BCUT2D eigenvalue weighted by Crippen LogP contribution is -2.36. The van der Waals surface area contributed by atoms with Crippen molar-refractivity contribution < 1.29 is 18.3 Å². The standard InChI is InChI=1S/C19H22F2N2O2.ClH/c1-12(17(22)14-7-4-3-5-8-14)18(24)23-13(2)15-9-6-10-16(11-15)25-19(20)21;/h3-13,17,19H,22H2,1-2H3,(H,23,24);1H. The molecule has 0 aliphatic rings. The first-order chi connectivity index (χ1) is 11.9. The van der Waals surface area contributed by atoms with Crippen LogP contribution in [0.3, 0.4) is 0 Å². The van der Waals surface area contributed by atoms with Crippen LogP contribution in [0.5, 0.6) is 5.75 Å². The molecule has 26 heavy (non-hydrogen) atoms. The van der Waals surface area contributed by atoms with E-state index in [0.29, 0.717) is 5.56 Å². The van der Waals surface area contributed by atoms with Crippen molar-refractivity contribution in [3.63, 3.8) is 0 Å². The first-order valence-electron chi connectivity index (χ1n) is 8.04. The number of hydrogen-bond donors (Lipinski definition) is 2. The molecule has 1 amide bonds. The van der Waals surface area contributed by atoms with Crippen LogP contribution >= 0.6 is 12.4 Å². The molecular formula is C19H23ClF2N2O2. The molecule has 0 spiro atoms. The van der Waals surface area contributed by atoms with Gasteiger partial charge in [0.1, 0.15) is 5.75 Å². The van der Waals surface area contributed by atoms with E-state index < -0.39 is 18.6 Å². The molecule has 142 valence electrons. The molecule has 0 saturated carbocycles. The second-order valence-corrected chi connectivity index (χ2v) is 5.91. The third-order valence-corrected chi connectivity index (χ3v) is 4.08. The first kappa shape index (κ1) is 21.9. The molecule has 2 aromatic rings. The average molecular weight is 385 g/mol. The minimum absolute atomic E-state index is 0. The van der Waals surface area contributed by atoms with Gasteiger partial charge >= 0.3 is 6.61 Å². The van der Waals surface area contributed by atoms with Crippen molar-refractivity contribution in [2.24, 2.45) is 11.7 Å². The molecule has 0 bridgehead atoms. The summed E-state index contributed by atoms with van der Waals surface area (Å²) in [5.41, 5.74) is 7.72. The van der Waals surface area contributed by atoms with Crippen LogP contribution in [0.4, 0.5) is 8.78 Å². The summed E-state index contributed by atoms with van der Waals surface area (Å²) in [6.45, 7) is 0.653. The average Bonchev–Trinajstić information content (AvgIpc) is 2.60. The summed E-state index contributed by atoms with van der Waals surface area (Å²) in [7, 11) is 0. The largest absolute Gasteiger partial charge is 0.435 e. The third kappa shape index (κ3) is 5.97. The number of halogens is 3. The molecule has 3 N–H and O–H groups in total. The number of benzene rings is 2. The fraction of sp³-hybridized carbons (Fsp3) is 0.316. The normalized spacial score (nSPS) is 14.1. The molecule has 0 heterocycles. The molecule has 0 aliphatic heterocycles. The van der Waals surface area contributed by atoms with Gasteiger partial charge in [-0.1, -0.05) is 49.4 Å². The number of amides is 1. The summed E-state index contributed by atoms with van der Waals surface area (Å²) in [5.74, 6) is -0.586. The van der Waals surface area contributed by atoms with E-state index in [1.165, 1.54) is 12.1 Å². The van der Waals surface area contributed by atoms with Gasteiger partial charge in [-0.05, 0) is 30.2 Å². The fourth-order valence-corrected chi connectivity index (χ4v) is 2.52. The van der Waals surface area contributed by atoms with Gasteiger partial charge in [-0.2, -0.15) is 8.78 Å². The maximum atomic E-state index is 12.5. The second-order valence-electron chi connectivity index (χ2n) is 5.91. The van der Waals surface area contributed by atoms with Crippen LogP contribution in [0.1, 0.15) is 37.1 Å². The Morgan fingerprint density at radius 1 is 1.04 bits per heavy atom. The summed E-state index contributed by atoms with van der Waals surface area (Å²) < 4.78 is 29.0. The van der Waals surface area contributed by atoms with E-state index in [-0.39, 0.29) is 30.1 Å². The monoisotopic (exact) mass is 384 g/mol. The molecule has 2 aromatic carbocycles. The maximum absolute atomic E-state index is 12.5. The number of carbonyl (C=O) groups is 1. The predicted octanol–water partition coefficient (Wildman–Crippen LogP) is 4.22. The van der Waals surface area contributed by atoms with Crippen molar-refractivity contribution in [1.29, 1.82) is 0 Å². The molecule has 0 radical (unpaired) electrons. The maximum Gasteiger partial charge on any atom is 0.387 e. The molecule has 4 nitrogen and oxygen atoms in total. The molecule has 2 rings (SSSR count). The van der Waals surface area contributed by atoms with E-state index in [4.69, 9.17) is 5.73 Å². The summed E-state index contributed by atoms with van der Waals surface area (Å²) in [6, 6.07) is 14.9. The molecule has 3 atom stereocenters.